The molecule has 0 fully saturated rings. The van der Waals surface area contributed by atoms with Crippen molar-refractivity contribution in [2.75, 3.05) is 9.80 Å². The first-order chi connectivity index (χ1) is 29.3. The van der Waals surface area contributed by atoms with E-state index < -0.39 is 5.41 Å². The average molecular weight is 789 g/mol. The van der Waals surface area contributed by atoms with Gasteiger partial charge in [0.2, 0.25) is 0 Å². The highest BCUT2D eigenvalue weighted by Crippen LogP contribution is 2.63. The molecule has 0 unspecified atom stereocenters. The molecule has 278 valence electrons. The predicted octanol–water partition coefficient (Wildman–Crippen LogP) is 15.8. The van der Waals surface area contributed by atoms with Crippen LogP contribution in [0.2, 0.25) is 0 Å². The van der Waals surface area contributed by atoms with Gasteiger partial charge >= 0.3 is 0 Å². The highest BCUT2D eigenvalue weighted by atomic mass is 32.2. The number of hydrogen-bond acceptors (Lipinski definition) is 4. The molecule has 2 nitrogen and oxygen atoms in total. The largest absolute Gasteiger partial charge is 0.310 e. The summed E-state index contributed by atoms with van der Waals surface area (Å²) in [4.78, 5) is 7.35. The van der Waals surface area contributed by atoms with Crippen LogP contribution in [-0.4, -0.2) is 0 Å². The first kappa shape index (κ1) is 34.2. The second kappa shape index (κ2) is 13.6. The van der Waals surface area contributed by atoms with Crippen molar-refractivity contribution < 1.29 is 0 Å². The number of anilines is 6. The van der Waals surface area contributed by atoms with E-state index in [4.69, 9.17) is 0 Å². The van der Waals surface area contributed by atoms with Gasteiger partial charge in [0.05, 0.1) is 5.41 Å². The van der Waals surface area contributed by atoms with Crippen LogP contribution in [0.1, 0.15) is 22.3 Å². The molecule has 9 aromatic carbocycles. The van der Waals surface area contributed by atoms with Crippen LogP contribution in [-0.2, 0) is 5.41 Å². The Morgan fingerprint density at radius 2 is 0.746 bits per heavy atom. The Labute approximate surface area is 352 Å². The predicted molar refractivity (Wildman–Crippen MR) is 250 cm³/mol. The Hall–Kier alpha value is -6.85. The van der Waals surface area contributed by atoms with Crippen molar-refractivity contribution in [2.24, 2.45) is 0 Å². The van der Waals surface area contributed by atoms with E-state index in [1.807, 2.05) is 23.1 Å². The monoisotopic (exact) mass is 788 g/mol. The summed E-state index contributed by atoms with van der Waals surface area (Å²) in [7, 11) is 0. The van der Waals surface area contributed by atoms with E-state index in [0.29, 0.717) is 0 Å². The quantitative estimate of drug-likeness (QED) is 0.166. The molecular formula is C55H36N2S2. The lowest BCUT2D eigenvalue weighted by atomic mass is 9.67. The fraction of sp³-hybridized carbons (Fsp3) is 0.0182. The molecule has 0 saturated carbocycles. The number of rotatable bonds is 6. The number of para-hydroxylation sites is 4. The number of benzene rings is 9. The van der Waals surface area contributed by atoms with Crippen molar-refractivity contribution in [3.8, 4) is 11.1 Å². The molecule has 10 aromatic rings. The minimum atomic E-state index is -0.516. The lowest BCUT2D eigenvalue weighted by Gasteiger charge is -2.40. The van der Waals surface area contributed by atoms with E-state index in [2.05, 4.69) is 228 Å². The second-order valence-electron chi connectivity index (χ2n) is 15.3. The van der Waals surface area contributed by atoms with Crippen LogP contribution in [0.15, 0.2) is 228 Å². The lowest BCUT2D eigenvalue weighted by molar-refractivity contribution is 0.724. The van der Waals surface area contributed by atoms with Crippen molar-refractivity contribution in [3.63, 3.8) is 0 Å². The zero-order valence-electron chi connectivity index (χ0n) is 32.0. The number of nitrogens with zero attached hydrogens (tertiary/aromatic N) is 2. The molecule has 1 aliphatic heterocycles. The summed E-state index contributed by atoms with van der Waals surface area (Å²) >= 11 is 3.81. The molecule has 59 heavy (non-hydrogen) atoms. The van der Waals surface area contributed by atoms with Crippen molar-refractivity contribution in [1.82, 2.24) is 0 Å². The van der Waals surface area contributed by atoms with Gasteiger partial charge in [-0.1, -0.05) is 139 Å². The average Bonchev–Trinajstić information content (AvgIpc) is 3.80. The van der Waals surface area contributed by atoms with Crippen molar-refractivity contribution in [2.45, 2.75) is 15.2 Å². The highest BCUT2D eigenvalue weighted by molar-refractivity contribution is 7.99. The number of fused-ring (bicyclic) bond motifs is 12. The highest BCUT2D eigenvalue weighted by Gasteiger charge is 2.50. The van der Waals surface area contributed by atoms with Gasteiger partial charge in [0.15, 0.2) is 0 Å². The summed E-state index contributed by atoms with van der Waals surface area (Å²) < 4.78 is 2.59. The van der Waals surface area contributed by atoms with Crippen molar-refractivity contribution in [1.29, 1.82) is 0 Å². The zero-order chi connectivity index (χ0) is 38.9. The maximum atomic E-state index is 2.54. The molecule has 0 bridgehead atoms. The maximum Gasteiger partial charge on any atom is 0.0736 e. The van der Waals surface area contributed by atoms with Crippen LogP contribution < -0.4 is 9.80 Å². The zero-order valence-corrected chi connectivity index (χ0v) is 33.6. The van der Waals surface area contributed by atoms with E-state index in [1.54, 1.807) is 0 Å². The fourth-order valence-corrected chi connectivity index (χ4v) is 12.1. The fourth-order valence-electron chi connectivity index (χ4n) is 9.63. The SMILES string of the molecule is c1ccc(N(c2ccccc2)c2ccc3c(c2)C2(c4cc5c(cc4S3)sc3cc(N(c4ccccc4)c4ccccc4)ccc35)c3ccccc3-c3ccccc32)cc1. The van der Waals surface area contributed by atoms with Gasteiger partial charge in [-0.05, 0) is 124 Å². The minimum absolute atomic E-state index is 0.516. The van der Waals surface area contributed by atoms with E-state index in [0.717, 1.165) is 34.1 Å². The normalized spacial score (nSPS) is 13.2. The molecule has 12 rings (SSSR count). The third-order valence-corrected chi connectivity index (χ3v) is 14.3. The van der Waals surface area contributed by atoms with Crippen molar-refractivity contribution >= 4 is 77.4 Å². The molecule has 1 aromatic heterocycles. The summed E-state index contributed by atoms with van der Waals surface area (Å²) in [5, 5.41) is 2.59. The van der Waals surface area contributed by atoms with Crippen LogP contribution in [0, 0.1) is 0 Å². The Morgan fingerprint density at radius 1 is 0.305 bits per heavy atom. The Morgan fingerprint density at radius 3 is 1.29 bits per heavy atom. The lowest BCUT2D eigenvalue weighted by Crippen LogP contribution is -2.32. The first-order valence-corrected chi connectivity index (χ1v) is 21.7. The van der Waals surface area contributed by atoms with Gasteiger partial charge < -0.3 is 9.80 Å². The van der Waals surface area contributed by atoms with Gasteiger partial charge in [-0.25, -0.2) is 0 Å². The summed E-state index contributed by atoms with van der Waals surface area (Å²) in [6.45, 7) is 0. The van der Waals surface area contributed by atoms with Crippen LogP contribution in [0.4, 0.5) is 34.1 Å². The Balaban J connectivity index is 1.10. The standard InChI is InChI=1S/C55H36N2S2/c1-5-17-37(18-6-1)56(38-19-7-2-8-20-38)41-30-32-51-49(33-41)55(47-27-15-13-25-43(47)44-26-14-16-28-48(44)55)50-35-46-45-31-29-42(34-52(45)59-53(46)36-54(50)58-51)57(39-21-9-3-10-22-39)40-23-11-4-12-24-40/h1-36H. The molecule has 1 spiro atoms. The Kier molecular flexibility index (Phi) is 7.90. The van der Waals surface area contributed by atoms with Crippen LogP contribution in [0.3, 0.4) is 0 Å². The van der Waals surface area contributed by atoms with Crippen LogP contribution in [0.5, 0.6) is 0 Å². The minimum Gasteiger partial charge on any atom is -0.310 e. The summed E-state index contributed by atoms with van der Waals surface area (Å²) in [6, 6.07) is 80.3. The summed E-state index contributed by atoms with van der Waals surface area (Å²) in [6.07, 6.45) is 0. The van der Waals surface area contributed by atoms with Crippen molar-refractivity contribution in [3.05, 3.63) is 241 Å². The molecular weight excluding hydrogens is 753 g/mol. The van der Waals surface area contributed by atoms with E-state index in [9.17, 15) is 0 Å². The number of thiophene rings is 1. The molecule has 4 heteroatoms. The number of hydrogen-bond donors (Lipinski definition) is 0. The molecule has 0 amide bonds. The molecule has 2 aliphatic rings. The first-order valence-electron chi connectivity index (χ1n) is 20.1. The molecule has 2 heterocycles. The Bertz CT molecular complexity index is 3070. The second-order valence-corrected chi connectivity index (χ2v) is 17.4. The van der Waals surface area contributed by atoms with Crippen LogP contribution >= 0.6 is 23.1 Å². The van der Waals surface area contributed by atoms with Gasteiger partial charge in [0.25, 0.3) is 0 Å². The topological polar surface area (TPSA) is 6.48 Å². The molecule has 0 atom stereocenters. The van der Waals surface area contributed by atoms with E-state index in [-0.39, 0.29) is 0 Å². The van der Waals surface area contributed by atoms with Gasteiger partial charge in [0.1, 0.15) is 0 Å². The molecule has 0 saturated heterocycles. The van der Waals surface area contributed by atoms with Gasteiger partial charge in [0, 0.05) is 64.1 Å². The van der Waals surface area contributed by atoms with Gasteiger partial charge in [-0.15, -0.1) is 11.3 Å². The van der Waals surface area contributed by atoms with Gasteiger partial charge in [-0.2, -0.15) is 0 Å². The van der Waals surface area contributed by atoms with Gasteiger partial charge in [-0.3, -0.25) is 0 Å². The third kappa shape index (κ3) is 5.27. The summed E-state index contributed by atoms with van der Waals surface area (Å²) in [5.74, 6) is 0. The third-order valence-electron chi connectivity index (χ3n) is 12.1. The summed E-state index contributed by atoms with van der Waals surface area (Å²) in [5.41, 5.74) is 14.3. The smallest absolute Gasteiger partial charge is 0.0736 e. The van der Waals surface area contributed by atoms with E-state index in [1.165, 1.54) is 63.3 Å². The van der Waals surface area contributed by atoms with E-state index >= 15 is 0 Å². The van der Waals surface area contributed by atoms with Crippen LogP contribution in [0.25, 0.3) is 31.3 Å². The molecule has 0 radical (unpaired) electrons. The maximum absolute atomic E-state index is 2.54. The molecule has 1 aliphatic carbocycles. The molecule has 0 N–H and O–H groups in total.